The second-order valence-electron chi connectivity index (χ2n) is 6.74. The summed E-state index contributed by atoms with van der Waals surface area (Å²) in [6.07, 6.45) is 6.49. The third-order valence-corrected chi connectivity index (χ3v) is 5.01. The molecule has 4 heteroatoms. The Kier molecular flexibility index (Phi) is 4.98. The number of fused-ring (bicyclic) bond motifs is 1. The van der Waals surface area contributed by atoms with Crippen molar-refractivity contribution in [1.82, 2.24) is 10.6 Å². The van der Waals surface area contributed by atoms with Gasteiger partial charge in [-0.05, 0) is 62.0 Å². The van der Waals surface area contributed by atoms with E-state index in [0.717, 1.165) is 51.5 Å². The Morgan fingerprint density at radius 2 is 1.73 bits per heavy atom. The largest absolute Gasteiger partial charge is 0.393 e. The molecule has 1 fully saturated rings. The molecule has 1 saturated carbocycles. The number of carbonyl (C=O) groups is 1. The van der Waals surface area contributed by atoms with Crippen LogP contribution in [0.5, 0.6) is 0 Å². The molecule has 0 heterocycles. The highest BCUT2D eigenvalue weighted by Gasteiger charge is 2.22. The Hall–Kier alpha value is -1.55. The minimum atomic E-state index is -0.176. The van der Waals surface area contributed by atoms with Gasteiger partial charge in [0.05, 0.1) is 6.10 Å². The van der Waals surface area contributed by atoms with Crippen LogP contribution >= 0.6 is 0 Å². The van der Waals surface area contributed by atoms with Crippen LogP contribution < -0.4 is 10.6 Å². The van der Waals surface area contributed by atoms with Crippen LogP contribution in [0, 0.1) is 5.92 Å². The lowest BCUT2D eigenvalue weighted by Crippen LogP contribution is -2.44. The predicted molar refractivity (Wildman–Crippen MR) is 86.8 cm³/mol. The summed E-state index contributed by atoms with van der Waals surface area (Å²) in [6.45, 7) is 0.736. The summed E-state index contributed by atoms with van der Waals surface area (Å²) in [5.74, 6) is 0.655. The standard InChI is InChI=1S/C18H26N2O2/c21-17-7-5-16(6-8-17)20-18(22)19-10-9-13-11-14-3-1-2-4-15(14)12-13/h1-4,13,16-17,21H,5-12H2,(H2,19,20,22). The Morgan fingerprint density at radius 1 is 1.09 bits per heavy atom. The van der Waals surface area contributed by atoms with Gasteiger partial charge in [-0.3, -0.25) is 0 Å². The van der Waals surface area contributed by atoms with Crippen molar-refractivity contribution in [2.75, 3.05) is 6.54 Å². The maximum atomic E-state index is 11.9. The zero-order chi connectivity index (χ0) is 15.4. The summed E-state index contributed by atoms with van der Waals surface area (Å²) in [4.78, 5) is 11.9. The molecule has 120 valence electrons. The van der Waals surface area contributed by atoms with Gasteiger partial charge in [-0.15, -0.1) is 0 Å². The van der Waals surface area contributed by atoms with Gasteiger partial charge in [0.2, 0.25) is 0 Å². The Morgan fingerprint density at radius 3 is 2.36 bits per heavy atom. The number of aliphatic hydroxyl groups excluding tert-OH is 1. The van der Waals surface area contributed by atoms with E-state index in [2.05, 4.69) is 34.9 Å². The number of amides is 2. The van der Waals surface area contributed by atoms with Crippen molar-refractivity contribution in [3.05, 3.63) is 35.4 Å². The van der Waals surface area contributed by atoms with E-state index in [9.17, 15) is 9.90 Å². The first kappa shape index (κ1) is 15.3. The van der Waals surface area contributed by atoms with Crippen molar-refractivity contribution in [2.45, 2.75) is 57.1 Å². The molecule has 3 N–H and O–H groups in total. The van der Waals surface area contributed by atoms with Crippen molar-refractivity contribution < 1.29 is 9.90 Å². The fourth-order valence-corrected chi connectivity index (χ4v) is 3.70. The molecule has 3 rings (SSSR count). The van der Waals surface area contributed by atoms with E-state index in [1.165, 1.54) is 11.1 Å². The highest BCUT2D eigenvalue weighted by Crippen LogP contribution is 2.28. The number of urea groups is 1. The van der Waals surface area contributed by atoms with Crippen LogP contribution in [0.3, 0.4) is 0 Å². The SMILES string of the molecule is O=C(NCCC1Cc2ccccc2C1)NC1CCC(O)CC1. The van der Waals surface area contributed by atoms with Gasteiger partial charge in [0.25, 0.3) is 0 Å². The van der Waals surface area contributed by atoms with Gasteiger partial charge in [0.1, 0.15) is 0 Å². The molecule has 1 aromatic rings. The number of hydrogen-bond donors (Lipinski definition) is 3. The third kappa shape index (κ3) is 4.01. The van der Waals surface area contributed by atoms with Gasteiger partial charge < -0.3 is 15.7 Å². The summed E-state index contributed by atoms with van der Waals surface area (Å²) in [6, 6.07) is 8.80. The first-order chi connectivity index (χ1) is 10.7. The van der Waals surface area contributed by atoms with Gasteiger partial charge in [0, 0.05) is 12.6 Å². The number of aliphatic hydroxyl groups is 1. The molecule has 0 spiro atoms. The lowest BCUT2D eigenvalue weighted by molar-refractivity contribution is 0.117. The zero-order valence-corrected chi connectivity index (χ0v) is 13.1. The number of carbonyl (C=O) groups excluding carboxylic acids is 1. The van der Waals surface area contributed by atoms with Crippen LogP contribution in [0.15, 0.2) is 24.3 Å². The minimum Gasteiger partial charge on any atom is -0.393 e. The molecule has 0 bridgehead atoms. The number of benzene rings is 1. The molecule has 0 aliphatic heterocycles. The Labute approximate surface area is 132 Å². The van der Waals surface area contributed by atoms with Crippen LogP contribution in [0.4, 0.5) is 4.79 Å². The summed E-state index contributed by atoms with van der Waals surface area (Å²) < 4.78 is 0. The van der Waals surface area contributed by atoms with Crippen molar-refractivity contribution in [1.29, 1.82) is 0 Å². The van der Waals surface area contributed by atoms with Crippen molar-refractivity contribution in [2.24, 2.45) is 5.92 Å². The highest BCUT2D eigenvalue weighted by molar-refractivity contribution is 5.74. The molecule has 2 aliphatic carbocycles. The van der Waals surface area contributed by atoms with Crippen LogP contribution in [0.2, 0.25) is 0 Å². The minimum absolute atomic E-state index is 0.0584. The fourth-order valence-electron chi connectivity index (χ4n) is 3.70. The molecule has 0 aromatic heterocycles. The molecule has 0 saturated heterocycles. The summed E-state index contributed by atoms with van der Waals surface area (Å²) in [7, 11) is 0. The van der Waals surface area contributed by atoms with E-state index in [1.54, 1.807) is 0 Å². The van der Waals surface area contributed by atoms with Gasteiger partial charge in [-0.25, -0.2) is 4.79 Å². The molecule has 2 amide bonds. The number of rotatable bonds is 4. The van der Waals surface area contributed by atoms with Crippen LogP contribution in [0.25, 0.3) is 0 Å². The fraction of sp³-hybridized carbons (Fsp3) is 0.611. The van der Waals surface area contributed by atoms with Gasteiger partial charge in [-0.2, -0.15) is 0 Å². The average molecular weight is 302 g/mol. The van der Waals surface area contributed by atoms with Crippen molar-refractivity contribution in [3.8, 4) is 0 Å². The zero-order valence-electron chi connectivity index (χ0n) is 13.1. The van der Waals surface area contributed by atoms with Crippen molar-refractivity contribution >= 4 is 6.03 Å². The summed E-state index contributed by atoms with van der Waals surface area (Å²) in [5, 5.41) is 15.5. The Balaban J connectivity index is 1.33. The molecule has 22 heavy (non-hydrogen) atoms. The second kappa shape index (κ2) is 7.14. The third-order valence-electron chi connectivity index (χ3n) is 5.01. The van der Waals surface area contributed by atoms with E-state index in [1.807, 2.05) is 0 Å². The molecule has 0 atom stereocenters. The molecular formula is C18H26N2O2. The monoisotopic (exact) mass is 302 g/mol. The Bertz CT molecular complexity index is 485. The molecule has 2 aliphatic rings. The van der Waals surface area contributed by atoms with E-state index in [-0.39, 0.29) is 18.2 Å². The van der Waals surface area contributed by atoms with E-state index in [0.29, 0.717) is 5.92 Å². The number of hydrogen-bond acceptors (Lipinski definition) is 2. The quantitative estimate of drug-likeness (QED) is 0.800. The van der Waals surface area contributed by atoms with E-state index in [4.69, 9.17) is 0 Å². The molecule has 0 radical (unpaired) electrons. The van der Waals surface area contributed by atoms with Gasteiger partial charge >= 0.3 is 6.03 Å². The first-order valence-corrected chi connectivity index (χ1v) is 8.50. The molecule has 4 nitrogen and oxygen atoms in total. The van der Waals surface area contributed by atoms with E-state index < -0.39 is 0 Å². The topological polar surface area (TPSA) is 61.4 Å². The van der Waals surface area contributed by atoms with E-state index >= 15 is 0 Å². The van der Waals surface area contributed by atoms with Crippen LogP contribution in [-0.4, -0.2) is 29.8 Å². The van der Waals surface area contributed by atoms with Gasteiger partial charge in [-0.1, -0.05) is 24.3 Å². The molecule has 0 unspecified atom stereocenters. The second-order valence-corrected chi connectivity index (χ2v) is 6.74. The highest BCUT2D eigenvalue weighted by atomic mass is 16.3. The van der Waals surface area contributed by atoms with Gasteiger partial charge in [0.15, 0.2) is 0 Å². The first-order valence-electron chi connectivity index (χ1n) is 8.50. The maximum absolute atomic E-state index is 11.9. The summed E-state index contributed by atoms with van der Waals surface area (Å²) in [5.41, 5.74) is 2.94. The average Bonchev–Trinajstić information content (AvgIpc) is 2.92. The normalized spacial score (nSPS) is 24.8. The van der Waals surface area contributed by atoms with Crippen LogP contribution in [0.1, 0.15) is 43.2 Å². The lowest BCUT2D eigenvalue weighted by Gasteiger charge is -2.26. The maximum Gasteiger partial charge on any atom is 0.315 e. The molecular weight excluding hydrogens is 276 g/mol. The van der Waals surface area contributed by atoms with Crippen molar-refractivity contribution in [3.63, 3.8) is 0 Å². The smallest absolute Gasteiger partial charge is 0.315 e. The van der Waals surface area contributed by atoms with Crippen LogP contribution in [-0.2, 0) is 12.8 Å². The summed E-state index contributed by atoms with van der Waals surface area (Å²) >= 11 is 0. The lowest BCUT2D eigenvalue weighted by atomic mass is 9.93. The predicted octanol–water partition coefficient (Wildman–Crippen LogP) is 2.39. The number of nitrogens with one attached hydrogen (secondary N) is 2. The molecule has 1 aromatic carbocycles.